The Bertz CT molecular complexity index is 334. The zero-order chi connectivity index (χ0) is 12.8. The van der Waals surface area contributed by atoms with E-state index in [1.54, 1.807) is 0 Å². The van der Waals surface area contributed by atoms with E-state index in [-0.39, 0.29) is 0 Å². The van der Waals surface area contributed by atoms with Crippen molar-refractivity contribution in [1.82, 2.24) is 9.88 Å². The number of aromatic nitrogens is 1. The number of nitrogens with two attached hydrogens (primary N) is 1. The summed E-state index contributed by atoms with van der Waals surface area (Å²) in [6.45, 7) is 11.6. The molecule has 0 aliphatic rings. The minimum Gasteiger partial charge on any atom is -0.325 e. The number of hydrogen-bond donors (Lipinski definition) is 1. The average molecular weight is 235 g/mol. The molecule has 17 heavy (non-hydrogen) atoms. The number of nitrogens with zero attached hydrogens (tertiary/aromatic N) is 2. The van der Waals surface area contributed by atoms with E-state index < -0.39 is 0 Å². The highest BCUT2D eigenvalue weighted by atomic mass is 15.1. The quantitative estimate of drug-likeness (QED) is 0.823. The first-order valence-corrected chi connectivity index (χ1v) is 6.40. The summed E-state index contributed by atoms with van der Waals surface area (Å²) in [5, 5.41) is 0. The molecule has 1 aromatic heterocycles. The number of pyridine rings is 1. The summed E-state index contributed by atoms with van der Waals surface area (Å²) in [5.74, 6) is 0.688. The van der Waals surface area contributed by atoms with Crippen molar-refractivity contribution >= 4 is 0 Å². The Morgan fingerprint density at radius 3 is 2.53 bits per heavy atom. The Morgan fingerprint density at radius 1 is 1.29 bits per heavy atom. The smallest absolute Gasteiger partial charge is 0.0542 e. The van der Waals surface area contributed by atoms with Gasteiger partial charge in [0.25, 0.3) is 0 Å². The molecule has 3 nitrogen and oxygen atoms in total. The summed E-state index contributed by atoms with van der Waals surface area (Å²) in [7, 11) is 0. The van der Waals surface area contributed by atoms with E-state index in [2.05, 4.69) is 49.7 Å². The molecule has 1 rings (SSSR count). The van der Waals surface area contributed by atoms with Gasteiger partial charge in [-0.1, -0.05) is 13.8 Å². The molecule has 0 unspecified atom stereocenters. The van der Waals surface area contributed by atoms with Crippen molar-refractivity contribution in [2.24, 2.45) is 11.7 Å². The van der Waals surface area contributed by atoms with E-state index in [9.17, 15) is 0 Å². The highest BCUT2D eigenvalue weighted by Crippen LogP contribution is 2.11. The summed E-state index contributed by atoms with van der Waals surface area (Å²) < 4.78 is 0. The van der Waals surface area contributed by atoms with Crippen molar-refractivity contribution in [2.75, 3.05) is 6.54 Å². The summed E-state index contributed by atoms with van der Waals surface area (Å²) in [5.41, 5.74) is 7.88. The van der Waals surface area contributed by atoms with Crippen LogP contribution in [0.3, 0.4) is 0 Å². The lowest BCUT2D eigenvalue weighted by molar-refractivity contribution is 0.189. The van der Waals surface area contributed by atoms with Gasteiger partial charge in [0.2, 0.25) is 0 Å². The van der Waals surface area contributed by atoms with Crippen LogP contribution in [0.25, 0.3) is 0 Å². The maximum Gasteiger partial charge on any atom is 0.0542 e. The molecule has 0 fully saturated rings. The summed E-state index contributed by atoms with van der Waals surface area (Å²) in [6.07, 6.45) is 1.85. The van der Waals surface area contributed by atoms with Crippen molar-refractivity contribution < 1.29 is 0 Å². The van der Waals surface area contributed by atoms with E-state index in [1.807, 2.05) is 6.20 Å². The van der Waals surface area contributed by atoms with Crippen molar-refractivity contribution in [3.63, 3.8) is 0 Å². The highest BCUT2D eigenvalue weighted by molar-refractivity contribution is 5.16. The van der Waals surface area contributed by atoms with Crippen molar-refractivity contribution in [3.05, 3.63) is 29.6 Å². The summed E-state index contributed by atoms with van der Waals surface area (Å²) in [4.78, 5) is 6.71. The molecule has 0 aliphatic heterocycles. The van der Waals surface area contributed by atoms with Gasteiger partial charge in [0.05, 0.1) is 5.69 Å². The molecule has 0 radical (unpaired) electrons. The van der Waals surface area contributed by atoms with Crippen molar-refractivity contribution in [3.8, 4) is 0 Å². The molecule has 0 saturated carbocycles. The second kappa shape index (κ2) is 6.72. The van der Waals surface area contributed by atoms with Gasteiger partial charge in [-0.05, 0) is 37.5 Å². The fourth-order valence-electron chi connectivity index (χ4n) is 1.90. The Morgan fingerprint density at radius 2 is 2.00 bits per heavy atom. The van der Waals surface area contributed by atoms with Crippen LogP contribution in [0.4, 0.5) is 0 Å². The van der Waals surface area contributed by atoms with Gasteiger partial charge in [-0.15, -0.1) is 0 Å². The minimum atomic E-state index is 0.514. The average Bonchev–Trinajstić information content (AvgIpc) is 2.27. The zero-order valence-electron chi connectivity index (χ0n) is 11.5. The molecule has 2 N–H and O–H groups in total. The molecule has 0 saturated heterocycles. The van der Waals surface area contributed by atoms with Crippen LogP contribution in [0.15, 0.2) is 18.3 Å². The van der Waals surface area contributed by atoms with E-state index in [1.165, 1.54) is 5.56 Å². The first-order valence-electron chi connectivity index (χ1n) is 6.40. The third-order valence-corrected chi connectivity index (χ3v) is 2.81. The van der Waals surface area contributed by atoms with E-state index in [0.29, 0.717) is 18.5 Å². The topological polar surface area (TPSA) is 42.2 Å². The van der Waals surface area contributed by atoms with Gasteiger partial charge in [-0.2, -0.15) is 0 Å². The van der Waals surface area contributed by atoms with E-state index in [4.69, 9.17) is 5.73 Å². The molecule has 0 atom stereocenters. The van der Waals surface area contributed by atoms with Gasteiger partial charge in [-0.25, -0.2) is 0 Å². The lowest BCUT2D eigenvalue weighted by atomic mass is 10.1. The normalized spacial score (nSPS) is 11.8. The predicted octanol–water partition coefficient (Wildman–Crippen LogP) is 2.41. The third kappa shape index (κ3) is 4.84. The molecular weight excluding hydrogens is 210 g/mol. The Kier molecular flexibility index (Phi) is 5.59. The first-order chi connectivity index (χ1) is 8.02. The zero-order valence-corrected chi connectivity index (χ0v) is 11.5. The van der Waals surface area contributed by atoms with Crippen LogP contribution < -0.4 is 5.73 Å². The molecule has 0 aliphatic carbocycles. The van der Waals surface area contributed by atoms with Gasteiger partial charge in [0.15, 0.2) is 0 Å². The first kappa shape index (κ1) is 14.1. The molecule has 0 amide bonds. The predicted molar refractivity (Wildman–Crippen MR) is 72.5 cm³/mol. The maximum absolute atomic E-state index is 5.61. The van der Waals surface area contributed by atoms with Crippen LogP contribution in [-0.2, 0) is 13.1 Å². The number of hydrogen-bond acceptors (Lipinski definition) is 3. The van der Waals surface area contributed by atoms with Crippen LogP contribution in [0, 0.1) is 5.92 Å². The monoisotopic (exact) mass is 235 g/mol. The molecule has 3 heteroatoms. The van der Waals surface area contributed by atoms with Crippen molar-refractivity contribution in [2.45, 2.75) is 46.8 Å². The van der Waals surface area contributed by atoms with Crippen LogP contribution >= 0.6 is 0 Å². The Hall–Kier alpha value is -0.930. The third-order valence-electron chi connectivity index (χ3n) is 2.81. The molecule has 96 valence electrons. The standard InChI is InChI=1S/C14H25N3/c1-11(2)9-17(12(3)4)10-13-5-6-16-14(7-13)8-15/h5-7,11-12H,8-10,15H2,1-4H3. The molecule has 1 heterocycles. The van der Waals surface area contributed by atoms with Crippen molar-refractivity contribution in [1.29, 1.82) is 0 Å². The highest BCUT2D eigenvalue weighted by Gasteiger charge is 2.11. The van der Waals surface area contributed by atoms with Gasteiger partial charge >= 0.3 is 0 Å². The molecule has 0 bridgehead atoms. The second-order valence-corrected chi connectivity index (χ2v) is 5.28. The minimum absolute atomic E-state index is 0.514. The lowest BCUT2D eigenvalue weighted by Gasteiger charge is -2.28. The maximum atomic E-state index is 5.61. The molecule has 0 spiro atoms. The van der Waals surface area contributed by atoms with Crippen LogP contribution in [0.1, 0.15) is 39.0 Å². The number of rotatable bonds is 6. The van der Waals surface area contributed by atoms with Crippen LogP contribution in [0.5, 0.6) is 0 Å². The van der Waals surface area contributed by atoms with Gasteiger partial charge in [0, 0.05) is 31.9 Å². The Labute approximate surface area is 105 Å². The van der Waals surface area contributed by atoms with Crippen LogP contribution in [-0.4, -0.2) is 22.5 Å². The Balaban J connectivity index is 2.71. The van der Waals surface area contributed by atoms with Crippen LogP contribution in [0.2, 0.25) is 0 Å². The largest absolute Gasteiger partial charge is 0.325 e. The molecule has 0 aromatic carbocycles. The van der Waals surface area contributed by atoms with Gasteiger partial charge in [-0.3, -0.25) is 9.88 Å². The molecule has 1 aromatic rings. The van der Waals surface area contributed by atoms with Gasteiger partial charge < -0.3 is 5.73 Å². The second-order valence-electron chi connectivity index (χ2n) is 5.28. The van der Waals surface area contributed by atoms with E-state index in [0.717, 1.165) is 18.8 Å². The van der Waals surface area contributed by atoms with E-state index >= 15 is 0 Å². The summed E-state index contributed by atoms with van der Waals surface area (Å²) >= 11 is 0. The molecular formula is C14H25N3. The lowest BCUT2D eigenvalue weighted by Crippen LogP contribution is -2.33. The fourth-order valence-corrected chi connectivity index (χ4v) is 1.90. The van der Waals surface area contributed by atoms with Gasteiger partial charge in [0.1, 0.15) is 0 Å². The SMILES string of the molecule is CC(C)CN(Cc1ccnc(CN)c1)C(C)C. The fraction of sp³-hybridized carbons (Fsp3) is 0.643. The summed E-state index contributed by atoms with van der Waals surface area (Å²) in [6, 6.07) is 4.75.